The number of hydrogen-bond acceptors (Lipinski definition) is 5. The van der Waals surface area contributed by atoms with E-state index in [1.807, 2.05) is 32.2 Å². The Morgan fingerprint density at radius 2 is 1.91 bits per heavy atom. The Bertz CT molecular complexity index is 1190. The first kappa shape index (κ1) is 25.2. The molecule has 1 saturated heterocycles. The third-order valence-electron chi connectivity index (χ3n) is 6.68. The fourth-order valence-electron chi connectivity index (χ4n) is 4.71. The third-order valence-corrected chi connectivity index (χ3v) is 6.68. The summed E-state index contributed by atoms with van der Waals surface area (Å²) in [6.07, 6.45) is 2.28. The number of hydrogen-bond donors (Lipinski definition) is 3. The van der Waals surface area contributed by atoms with E-state index in [0.29, 0.717) is 25.3 Å². The monoisotopic (exact) mass is 479 g/mol. The summed E-state index contributed by atoms with van der Waals surface area (Å²) >= 11 is 0. The highest BCUT2D eigenvalue weighted by molar-refractivity contribution is 6.06. The molecule has 4 rings (SSSR count). The molecule has 0 unspecified atom stereocenters. The first-order chi connectivity index (χ1) is 16.6. The molecular weight excluding hydrogens is 442 g/mol. The molecule has 2 aromatic carbocycles. The Morgan fingerprint density at radius 1 is 1.17 bits per heavy atom. The highest BCUT2D eigenvalue weighted by Crippen LogP contribution is 2.32. The predicted molar refractivity (Wildman–Crippen MR) is 139 cm³/mol. The predicted octanol–water partition coefficient (Wildman–Crippen LogP) is 4.47. The molecule has 7 heteroatoms. The molecular formula is C28H37N3O4. The maximum absolute atomic E-state index is 13.0. The zero-order valence-corrected chi connectivity index (χ0v) is 21.4. The second-order valence-electron chi connectivity index (χ2n) is 10.1. The van der Waals surface area contributed by atoms with Crippen molar-refractivity contribution >= 4 is 22.5 Å². The largest absolute Gasteiger partial charge is 0.491 e. The van der Waals surface area contributed by atoms with Crippen molar-refractivity contribution in [3.05, 3.63) is 58.8 Å². The number of nitrogens with one attached hydrogen (secondary N) is 2. The van der Waals surface area contributed by atoms with Crippen LogP contribution in [-0.2, 0) is 18.3 Å². The number of aryl methyl sites for hydroxylation is 3. The number of fused-ring (bicyclic) bond motifs is 1. The van der Waals surface area contributed by atoms with Crippen LogP contribution in [0.4, 0.5) is 5.69 Å². The zero-order chi connectivity index (χ0) is 25.2. The van der Waals surface area contributed by atoms with Gasteiger partial charge >= 0.3 is 0 Å². The van der Waals surface area contributed by atoms with E-state index in [1.54, 1.807) is 26.0 Å². The van der Waals surface area contributed by atoms with Crippen LogP contribution in [-0.4, -0.2) is 47.0 Å². The molecule has 0 spiro atoms. The summed E-state index contributed by atoms with van der Waals surface area (Å²) in [6, 6.07) is 11.3. The summed E-state index contributed by atoms with van der Waals surface area (Å²) < 4.78 is 13.6. The van der Waals surface area contributed by atoms with Gasteiger partial charge in [-0.2, -0.15) is 0 Å². The quantitative estimate of drug-likeness (QED) is 0.422. The maximum Gasteiger partial charge on any atom is 0.255 e. The summed E-state index contributed by atoms with van der Waals surface area (Å²) in [5.74, 6) is 0.579. The fourth-order valence-corrected chi connectivity index (χ4v) is 4.71. The van der Waals surface area contributed by atoms with Crippen LogP contribution >= 0.6 is 0 Å². The topological polar surface area (TPSA) is 84.8 Å². The van der Waals surface area contributed by atoms with Crippen molar-refractivity contribution in [2.45, 2.75) is 58.8 Å². The molecule has 188 valence electrons. The first-order valence-electron chi connectivity index (χ1n) is 12.3. The lowest BCUT2D eigenvalue weighted by Crippen LogP contribution is -2.34. The second-order valence-corrected chi connectivity index (χ2v) is 10.1. The highest BCUT2D eigenvalue weighted by atomic mass is 16.5. The van der Waals surface area contributed by atoms with Crippen molar-refractivity contribution in [1.29, 1.82) is 0 Å². The van der Waals surface area contributed by atoms with E-state index >= 15 is 0 Å². The SMILES string of the molecule is Cc1c(CNCC(C)(C)O)n(C)c2c(C)c(NC(=O)c3ccc(OC[C@@H]4CCCO4)cc3)ccc12. The number of aromatic nitrogens is 1. The van der Waals surface area contributed by atoms with Crippen molar-refractivity contribution in [2.75, 3.05) is 25.1 Å². The summed E-state index contributed by atoms with van der Waals surface area (Å²) in [4.78, 5) is 13.0. The van der Waals surface area contributed by atoms with Gasteiger partial charge in [0.15, 0.2) is 0 Å². The molecule has 3 N–H and O–H groups in total. The van der Waals surface area contributed by atoms with Gasteiger partial charge in [-0.05, 0) is 82.0 Å². The molecule has 0 saturated carbocycles. The number of ether oxygens (including phenoxy) is 2. The Hall–Kier alpha value is -2.87. The van der Waals surface area contributed by atoms with Gasteiger partial charge < -0.3 is 29.8 Å². The molecule has 7 nitrogen and oxygen atoms in total. The minimum absolute atomic E-state index is 0.156. The zero-order valence-electron chi connectivity index (χ0n) is 21.4. The number of benzene rings is 2. The normalized spacial score (nSPS) is 16.1. The molecule has 1 aliphatic heterocycles. The van der Waals surface area contributed by atoms with Crippen LogP contribution in [0.5, 0.6) is 5.75 Å². The lowest BCUT2D eigenvalue weighted by molar-refractivity contribution is 0.0679. The molecule has 1 atom stereocenters. The number of nitrogens with zero attached hydrogens (tertiary/aromatic N) is 1. The van der Waals surface area contributed by atoms with Crippen molar-refractivity contribution in [1.82, 2.24) is 9.88 Å². The van der Waals surface area contributed by atoms with Gasteiger partial charge in [-0.1, -0.05) is 6.07 Å². The van der Waals surface area contributed by atoms with Gasteiger partial charge in [-0.3, -0.25) is 4.79 Å². The smallest absolute Gasteiger partial charge is 0.255 e. The lowest BCUT2D eigenvalue weighted by Gasteiger charge is -2.18. The van der Waals surface area contributed by atoms with E-state index in [9.17, 15) is 9.90 Å². The molecule has 2 heterocycles. The van der Waals surface area contributed by atoms with E-state index in [1.165, 1.54) is 5.56 Å². The van der Waals surface area contributed by atoms with Crippen molar-refractivity contribution in [2.24, 2.45) is 7.05 Å². The van der Waals surface area contributed by atoms with E-state index in [2.05, 4.69) is 28.2 Å². The fraction of sp³-hybridized carbons (Fsp3) is 0.464. The summed E-state index contributed by atoms with van der Waals surface area (Å²) in [5.41, 5.74) is 5.08. The van der Waals surface area contributed by atoms with E-state index in [0.717, 1.165) is 53.0 Å². The molecule has 1 amide bonds. The summed E-state index contributed by atoms with van der Waals surface area (Å²) in [7, 11) is 2.05. The van der Waals surface area contributed by atoms with E-state index < -0.39 is 5.60 Å². The summed E-state index contributed by atoms with van der Waals surface area (Å²) in [5, 5.41) is 17.6. The van der Waals surface area contributed by atoms with Gasteiger partial charge in [-0.25, -0.2) is 0 Å². The molecule has 0 radical (unpaired) electrons. The standard InChI is InChI=1S/C28H37N3O4/c1-18-23-12-13-24(19(2)26(23)31(5)25(18)15-29-17-28(3,4)33)30-27(32)20-8-10-21(11-9-20)35-16-22-7-6-14-34-22/h8-13,22,29,33H,6-7,14-17H2,1-5H3,(H,30,32)/t22-/m0/s1. The number of aliphatic hydroxyl groups is 1. The van der Waals surface area contributed by atoms with Gasteiger partial charge in [0.1, 0.15) is 12.4 Å². The van der Waals surface area contributed by atoms with Crippen LogP contribution < -0.4 is 15.4 Å². The highest BCUT2D eigenvalue weighted by Gasteiger charge is 2.19. The average molecular weight is 480 g/mol. The van der Waals surface area contributed by atoms with Crippen molar-refractivity contribution in [3.63, 3.8) is 0 Å². The Kier molecular flexibility index (Phi) is 7.50. The van der Waals surface area contributed by atoms with Crippen LogP contribution in [0.25, 0.3) is 10.9 Å². The van der Waals surface area contributed by atoms with E-state index in [4.69, 9.17) is 9.47 Å². The lowest BCUT2D eigenvalue weighted by atomic mass is 10.1. The maximum atomic E-state index is 13.0. The minimum atomic E-state index is -0.763. The number of amides is 1. The van der Waals surface area contributed by atoms with Crippen LogP contribution in [0.3, 0.4) is 0 Å². The Labute approximate surface area is 207 Å². The molecule has 1 aliphatic rings. The van der Waals surface area contributed by atoms with Crippen LogP contribution in [0.15, 0.2) is 36.4 Å². The summed E-state index contributed by atoms with van der Waals surface area (Å²) in [6.45, 7) is 10.2. The molecule has 0 bridgehead atoms. The third kappa shape index (κ3) is 5.86. The van der Waals surface area contributed by atoms with Gasteiger partial charge in [0.05, 0.1) is 17.2 Å². The molecule has 1 fully saturated rings. The van der Waals surface area contributed by atoms with Gasteiger partial charge in [0, 0.05) is 49.1 Å². The number of anilines is 1. The van der Waals surface area contributed by atoms with Crippen molar-refractivity contribution < 1.29 is 19.4 Å². The van der Waals surface area contributed by atoms with Gasteiger partial charge in [-0.15, -0.1) is 0 Å². The molecule has 3 aromatic rings. The minimum Gasteiger partial charge on any atom is -0.491 e. The first-order valence-corrected chi connectivity index (χ1v) is 12.3. The Morgan fingerprint density at radius 3 is 2.57 bits per heavy atom. The van der Waals surface area contributed by atoms with Gasteiger partial charge in [0.25, 0.3) is 5.91 Å². The number of carbonyl (C=O) groups excluding carboxylic acids is 1. The van der Waals surface area contributed by atoms with Crippen LogP contribution in [0, 0.1) is 13.8 Å². The average Bonchev–Trinajstić information content (AvgIpc) is 3.41. The number of carbonyl (C=O) groups is 1. The Balaban J connectivity index is 1.46. The molecule has 0 aliphatic carbocycles. The van der Waals surface area contributed by atoms with E-state index in [-0.39, 0.29) is 12.0 Å². The van der Waals surface area contributed by atoms with Crippen LogP contribution in [0.1, 0.15) is 53.9 Å². The molecule has 35 heavy (non-hydrogen) atoms. The van der Waals surface area contributed by atoms with Gasteiger partial charge in [0.2, 0.25) is 0 Å². The van der Waals surface area contributed by atoms with Crippen LogP contribution in [0.2, 0.25) is 0 Å². The van der Waals surface area contributed by atoms with Crippen molar-refractivity contribution in [3.8, 4) is 5.75 Å². The molecule has 1 aromatic heterocycles. The number of rotatable bonds is 9. The second kappa shape index (κ2) is 10.4.